The minimum atomic E-state index is -0.555. The Bertz CT molecular complexity index is 1160. The molecule has 2 atom stereocenters. The standard InChI is InChI=1S/C27H30N2O6/c1-17-8-7-9-18(2)29(17)25(30)16-34-23-13-12-19(15-24(23)33-4)14-21-27(31)35-26(28-21)20-10-5-6-11-22(20)32-3/h5-6,10-15,17-18H,7-9,16H2,1-4H3/b21-14-/t17-,18+. The largest absolute Gasteiger partial charge is 0.496 e. The van der Waals surface area contributed by atoms with E-state index in [-0.39, 0.29) is 36.2 Å². The highest BCUT2D eigenvalue weighted by Crippen LogP contribution is 2.31. The lowest BCUT2D eigenvalue weighted by atomic mass is 9.97. The molecule has 1 amide bonds. The molecule has 0 aliphatic carbocycles. The predicted molar refractivity (Wildman–Crippen MR) is 132 cm³/mol. The van der Waals surface area contributed by atoms with Gasteiger partial charge in [0, 0.05) is 12.1 Å². The van der Waals surface area contributed by atoms with Gasteiger partial charge in [0.25, 0.3) is 5.91 Å². The van der Waals surface area contributed by atoms with E-state index in [1.807, 2.05) is 17.0 Å². The maximum absolute atomic E-state index is 12.8. The second-order valence-electron chi connectivity index (χ2n) is 8.67. The Morgan fingerprint density at radius 3 is 2.49 bits per heavy atom. The highest BCUT2D eigenvalue weighted by Gasteiger charge is 2.29. The molecule has 2 aliphatic rings. The summed E-state index contributed by atoms with van der Waals surface area (Å²) in [5.41, 5.74) is 1.43. The van der Waals surface area contributed by atoms with E-state index in [0.29, 0.717) is 28.4 Å². The second-order valence-corrected chi connectivity index (χ2v) is 8.67. The Labute approximate surface area is 205 Å². The van der Waals surface area contributed by atoms with Gasteiger partial charge in [-0.2, -0.15) is 0 Å². The van der Waals surface area contributed by atoms with Crippen molar-refractivity contribution in [1.29, 1.82) is 0 Å². The number of likely N-dealkylation sites (tertiary alicyclic amines) is 1. The van der Waals surface area contributed by atoms with Gasteiger partial charge in [0.2, 0.25) is 5.90 Å². The third kappa shape index (κ3) is 5.31. The third-order valence-corrected chi connectivity index (χ3v) is 6.28. The zero-order valence-electron chi connectivity index (χ0n) is 20.4. The van der Waals surface area contributed by atoms with Gasteiger partial charge in [-0.15, -0.1) is 0 Å². The molecule has 0 radical (unpaired) electrons. The summed E-state index contributed by atoms with van der Waals surface area (Å²) in [4.78, 5) is 31.5. The van der Waals surface area contributed by atoms with Crippen molar-refractivity contribution in [2.45, 2.75) is 45.2 Å². The number of rotatable bonds is 7. The molecule has 0 bridgehead atoms. The molecule has 184 valence electrons. The summed E-state index contributed by atoms with van der Waals surface area (Å²) in [7, 11) is 3.07. The molecular weight excluding hydrogens is 448 g/mol. The maximum Gasteiger partial charge on any atom is 0.363 e. The Balaban J connectivity index is 1.49. The van der Waals surface area contributed by atoms with Gasteiger partial charge in [-0.1, -0.05) is 18.2 Å². The van der Waals surface area contributed by atoms with Crippen LogP contribution in [0.25, 0.3) is 6.08 Å². The molecule has 2 aromatic rings. The first kappa shape index (κ1) is 24.3. The molecule has 0 unspecified atom stereocenters. The summed E-state index contributed by atoms with van der Waals surface area (Å²) in [6.45, 7) is 4.09. The van der Waals surface area contributed by atoms with Crippen LogP contribution in [0.3, 0.4) is 0 Å². The Kier molecular flexibility index (Phi) is 7.39. The van der Waals surface area contributed by atoms with Gasteiger partial charge >= 0.3 is 5.97 Å². The van der Waals surface area contributed by atoms with Crippen LogP contribution in [0, 0.1) is 0 Å². The van der Waals surface area contributed by atoms with Crippen molar-refractivity contribution in [3.8, 4) is 17.2 Å². The fraction of sp³-hybridized carbons (Fsp3) is 0.370. The van der Waals surface area contributed by atoms with Crippen LogP contribution in [-0.2, 0) is 14.3 Å². The summed E-state index contributed by atoms with van der Waals surface area (Å²) in [6.07, 6.45) is 4.76. The minimum absolute atomic E-state index is 0.0372. The summed E-state index contributed by atoms with van der Waals surface area (Å²) in [6, 6.07) is 12.8. The van der Waals surface area contributed by atoms with Gasteiger partial charge in [-0.3, -0.25) is 4.79 Å². The second kappa shape index (κ2) is 10.6. The number of nitrogens with zero attached hydrogens (tertiary/aromatic N) is 2. The van der Waals surface area contributed by atoms with Gasteiger partial charge in [-0.05, 0) is 69.0 Å². The summed E-state index contributed by atoms with van der Waals surface area (Å²) in [5, 5.41) is 0. The number of esters is 1. The van der Waals surface area contributed by atoms with Gasteiger partial charge in [0.1, 0.15) is 5.75 Å². The van der Waals surface area contributed by atoms with Crippen LogP contribution in [0.2, 0.25) is 0 Å². The van der Waals surface area contributed by atoms with Gasteiger partial charge < -0.3 is 23.8 Å². The molecule has 0 spiro atoms. The number of ether oxygens (including phenoxy) is 4. The lowest BCUT2D eigenvalue weighted by Crippen LogP contribution is -2.49. The summed E-state index contributed by atoms with van der Waals surface area (Å²) in [5.74, 6) is 1.06. The minimum Gasteiger partial charge on any atom is -0.496 e. The predicted octanol–water partition coefficient (Wildman–Crippen LogP) is 4.22. The lowest BCUT2D eigenvalue weighted by molar-refractivity contribution is -0.139. The SMILES string of the molecule is COc1cc(/C=C2\N=C(c3ccccc3OC)OC2=O)ccc1OCC(=O)N1[C@H](C)CCC[C@@H]1C. The average Bonchev–Trinajstić information content (AvgIpc) is 3.22. The van der Waals surface area contributed by atoms with Crippen LogP contribution in [0.4, 0.5) is 0 Å². The van der Waals surface area contributed by atoms with Crippen LogP contribution < -0.4 is 14.2 Å². The monoisotopic (exact) mass is 478 g/mol. The quantitative estimate of drug-likeness (QED) is 0.438. The fourth-order valence-corrected chi connectivity index (χ4v) is 4.52. The van der Waals surface area contributed by atoms with E-state index in [9.17, 15) is 9.59 Å². The van der Waals surface area contributed by atoms with Crippen molar-refractivity contribution in [3.05, 3.63) is 59.3 Å². The zero-order valence-corrected chi connectivity index (χ0v) is 20.4. The van der Waals surface area contributed by atoms with Crippen molar-refractivity contribution < 1.29 is 28.5 Å². The van der Waals surface area contributed by atoms with Crippen LogP contribution in [0.1, 0.15) is 44.2 Å². The normalized spacial score (nSPS) is 20.9. The van der Waals surface area contributed by atoms with Crippen molar-refractivity contribution in [2.75, 3.05) is 20.8 Å². The van der Waals surface area contributed by atoms with Crippen LogP contribution in [0.15, 0.2) is 53.2 Å². The van der Waals surface area contributed by atoms with Crippen molar-refractivity contribution in [3.63, 3.8) is 0 Å². The fourth-order valence-electron chi connectivity index (χ4n) is 4.52. The number of carbonyl (C=O) groups is 2. The molecule has 0 aromatic heterocycles. The number of cyclic esters (lactones) is 1. The Morgan fingerprint density at radius 2 is 1.77 bits per heavy atom. The summed E-state index contributed by atoms with van der Waals surface area (Å²) < 4.78 is 22.0. The number of aliphatic imine (C=N–C) groups is 1. The maximum atomic E-state index is 12.8. The number of para-hydroxylation sites is 1. The first-order chi connectivity index (χ1) is 16.9. The van der Waals surface area contributed by atoms with Gasteiger partial charge in [0.15, 0.2) is 23.8 Å². The molecule has 2 aliphatic heterocycles. The van der Waals surface area contributed by atoms with Crippen LogP contribution in [0.5, 0.6) is 17.2 Å². The molecule has 4 rings (SSSR count). The molecule has 2 heterocycles. The van der Waals surface area contributed by atoms with E-state index in [0.717, 1.165) is 19.3 Å². The highest BCUT2D eigenvalue weighted by atomic mass is 16.6. The lowest BCUT2D eigenvalue weighted by Gasteiger charge is -2.39. The van der Waals surface area contributed by atoms with E-state index < -0.39 is 5.97 Å². The first-order valence-electron chi connectivity index (χ1n) is 11.7. The van der Waals surface area contributed by atoms with E-state index in [1.54, 1.807) is 43.5 Å². The molecule has 1 saturated heterocycles. The Hall–Kier alpha value is -3.81. The van der Waals surface area contributed by atoms with E-state index >= 15 is 0 Å². The molecule has 8 heteroatoms. The molecule has 0 saturated carbocycles. The number of carbonyl (C=O) groups excluding carboxylic acids is 2. The molecule has 1 fully saturated rings. The van der Waals surface area contributed by atoms with Crippen molar-refractivity contribution in [1.82, 2.24) is 4.90 Å². The van der Waals surface area contributed by atoms with E-state index in [2.05, 4.69) is 18.8 Å². The molecule has 0 N–H and O–H groups in total. The smallest absolute Gasteiger partial charge is 0.363 e. The number of amides is 1. The topological polar surface area (TPSA) is 86.7 Å². The van der Waals surface area contributed by atoms with Crippen LogP contribution >= 0.6 is 0 Å². The number of methoxy groups -OCH3 is 2. The van der Waals surface area contributed by atoms with Crippen molar-refractivity contribution >= 4 is 23.9 Å². The number of benzene rings is 2. The molecule has 8 nitrogen and oxygen atoms in total. The highest BCUT2D eigenvalue weighted by molar-refractivity contribution is 6.13. The molecular formula is C27H30N2O6. The molecule has 2 aromatic carbocycles. The zero-order chi connectivity index (χ0) is 24.9. The average molecular weight is 479 g/mol. The first-order valence-corrected chi connectivity index (χ1v) is 11.7. The summed E-state index contributed by atoms with van der Waals surface area (Å²) >= 11 is 0. The number of piperidine rings is 1. The van der Waals surface area contributed by atoms with Crippen molar-refractivity contribution in [2.24, 2.45) is 4.99 Å². The van der Waals surface area contributed by atoms with E-state index in [1.165, 1.54) is 7.11 Å². The van der Waals surface area contributed by atoms with E-state index in [4.69, 9.17) is 18.9 Å². The molecule has 35 heavy (non-hydrogen) atoms. The number of hydrogen-bond acceptors (Lipinski definition) is 7. The van der Waals surface area contributed by atoms with Gasteiger partial charge in [0.05, 0.1) is 19.8 Å². The number of hydrogen-bond donors (Lipinski definition) is 0. The van der Waals surface area contributed by atoms with Gasteiger partial charge in [-0.25, -0.2) is 9.79 Å². The Morgan fingerprint density at radius 1 is 1.06 bits per heavy atom. The third-order valence-electron chi connectivity index (χ3n) is 6.28. The van der Waals surface area contributed by atoms with Crippen LogP contribution in [-0.4, -0.2) is 55.6 Å².